The molecule has 12 heteroatoms. The Bertz CT molecular complexity index is 1270. The summed E-state index contributed by atoms with van der Waals surface area (Å²) in [5.41, 5.74) is -0.210. The standard InChI is InChI=1S/C22H20F3N5O4/c1-12-20(30(33)34)13(2)29(28-12)11-15-4-6-16(7-5-15)21(32)27-19-9-8-17(26-14(3)31)10-18(19)22(23,24)25/h4-10H,11H2,1-3H3,(H,26,31)(H,27,32). The van der Waals surface area contributed by atoms with Crippen molar-refractivity contribution >= 4 is 28.9 Å². The molecule has 0 aliphatic carbocycles. The van der Waals surface area contributed by atoms with E-state index in [9.17, 15) is 32.9 Å². The van der Waals surface area contributed by atoms with Crippen LogP contribution in [0.15, 0.2) is 42.5 Å². The molecular weight excluding hydrogens is 455 g/mol. The summed E-state index contributed by atoms with van der Waals surface area (Å²) in [7, 11) is 0. The van der Waals surface area contributed by atoms with Gasteiger partial charge in [-0.15, -0.1) is 0 Å². The summed E-state index contributed by atoms with van der Waals surface area (Å²) in [4.78, 5) is 34.3. The van der Waals surface area contributed by atoms with Gasteiger partial charge in [0.15, 0.2) is 0 Å². The molecular formula is C22H20F3N5O4. The van der Waals surface area contributed by atoms with Gasteiger partial charge in [-0.05, 0) is 49.7 Å². The van der Waals surface area contributed by atoms with Crippen molar-refractivity contribution in [3.8, 4) is 0 Å². The first-order valence-corrected chi connectivity index (χ1v) is 9.94. The SMILES string of the molecule is CC(=O)Nc1ccc(NC(=O)c2ccc(Cn3nc(C)c([N+](=O)[O-])c3C)cc2)c(C(F)(F)F)c1. The van der Waals surface area contributed by atoms with E-state index in [0.717, 1.165) is 12.1 Å². The smallest absolute Gasteiger partial charge is 0.326 e. The second kappa shape index (κ2) is 9.33. The van der Waals surface area contributed by atoms with E-state index in [-0.39, 0.29) is 29.2 Å². The van der Waals surface area contributed by atoms with E-state index in [1.807, 2.05) is 0 Å². The molecule has 0 bridgehead atoms. The third-order valence-electron chi connectivity index (χ3n) is 4.97. The topological polar surface area (TPSA) is 119 Å². The normalized spacial score (nSPS) is 11.2. The van der Waals surface area contributed by atoms with Gasteiger partial charge in [0.2, 0.25) is 5.91 Å². The van der Waals surface area contributed by atoms with Crippen LogP contribution in [0.1, 0.15) is 39.8 Å². The monoisotopic (exact) mass is 475 g/mol. The summed E-state index contributed by atoms with van der Waals surface area (Å²) in [5.74, 6) is -1.29. The maximum absolute atomic E-state index is 13.5. The molecule has 178 valence electrons. The van der Waals surface area contributed by atoms with E-state index in [1.165, 1.54) is 36.7 Å². The maximum atomic E-state index is 13.5. The molecule has 0 aliphatic rings. The van der Waals surface area contributed by atoms with Crippen molar-refractivity contribution in [1.29, 1.82) is 0 Å². The molecule has 3 rings (SSSR count). The molecule has 2 aromatic carbocycles. The first kappa shape index (κ1) is 24.4. The van der Waals surface area contributed by atoms with Gasteiger partial charge >= 0.3 is 11.9 Å². The van der Waals surface area contributed by atoms with Crippen molar-refractivity contribution in [3.63, 3.8) is 0 Å². The Morgan fingerprint density at radius 1 is 1.09 bits per heavy atom. The van der Waals surface area contributed by atoms with Gasteiger partial charge < -0.3 is 10.6 Å². The lowest BCUT2D eigenvalue weighted by Gasteiger charge is -2.15. The largest absolute Gasteiger partial charge is 0.418 e. The van der Waals surface area contributed by atoms with E-state index in [1.54, 1.807) is 19.1 Å². The number of nitrogens with one attached hydrogen (secondary N) is 2. The maximum Gasteiger partial charge on any atom is 0.418 e. The van der Waals surface area contributed by atoms with Gasteiger partial charge in [-0.1, -0.05) is 12.1 Å². The lowest BCUT2D eigenvalue weighted by Crippen LogP contribution is -2.17. The van der Waals surface area contributed by atoms with Crippen LogP contribution in [-0.4, -0.2) is 26.5 Å². The Labute approximate surface area is 191 Å². The summed E-state index contributed by atoms with van der Waals surface area (Å²) in [6, 6.07) is 9.10. The highest BCUT2D eigenvalue weighted by atomic mass is 19.4. The Morgan fingerprint density at radius 3 is 2.26 bits per heavy atom. The minimum absolute atomic E-state index is 0.0495. The predicted molar refractivity (Wildman–Crippen MR) is 118 cm³/mol. The third-order valence-corrected chi connectivity index (χ3v) is 4.97. The van der Waals surface area contributed by atoms with Crippen LogP contribution in [0.4, 0.5) is 30.2 Å². The number of alkyl halides is 3. The molecule has 0 saturated carbocycles. The number of aryl methyl sites for hydroxylation is 1. The van der Waals surface area contributed by atoms with E-state index >= 15 is 0 Å². The Hall–Kier alpha value is -4.22. The lowest BCUT2D eigenvalue weighted by molar-refractivity contribution is -0.386. The zero-order valence-electron chi connectivity index (χ0n) is 18.4. The molecule has 9 nitrogen and oxygen atoms in total. The second-order valence-electron chi connectivity index (χ2n) is 7.52. The van der Waals surface area contributed by atoms with Crippen LogP contribution in [0.2, 0.25) is 0 Å². The zero-order chi connectivity index (χ0) is 25.2. The molecule has 0 atom stereocenters. The fourth-order valence-corrected chi connectivity index (χ4v) is 3.40. The van der Waals surface area contributed by atoms with Crippen LogP contribution in [-0.2, 0) is 17.5 Å². The van der Waals surface area contributed by atoms with Crippen LogP contribution in [0.25, 0.3) is 0 Å². The summed E-state index contributed by atoms with van der Waals surface area (Å²) in [6.07, 6.45) is -4.76. The van der Waals surface area contributed by atoms with Crippen molar-refractivity contribution in [2.45, 2.75) is 33.5 Å². The predicted octanol–water partition coefficient (Wildman–Crippen LogP) is 4.69. The number of benzene rings is 2. The number of nitro groups is 1. The number of hydrogen-bond donors (Lipinski definition) is 2. The van der Waals surface area contributed by atoms with Crippen molar-refractivity contribution in [2.24, 2.45) is 0 Å². The van der Waals surface area contributed by atoms with Crippen LogP contribution < -0.4 is 10.6 Å². The number of hydrogen-bond acceptors (Lipinski definition) is 5. The zero-order valence-corrected chi connectivity index (χ0v) is 18.4. The minimum atomic E-state index is -4.76. The van der Waals surface area contributed by atoms with Crippen molar-refractivity contribution < 1.29 is 27.7 Å². The molecule has 0 saturated heterocycles. The number of carbonyl (C=O) groups excluding carboxylic acids is 2. The number of halogens is 3. The first-order chi connectivity index (χ1) is 15.9. The fraction of sp³-hybridized carbons (Fsp3) is 0.227. The lowest BCUT2D eigenvalue weighted by atomic mass is 10.1. The highest BCUT2D eigenvalue weighted by Gasteiger charge is 2.34. The Morgan fingerprint density at radius 2 is 1.74 bits per heavy atom. The number of carbonyl (C=O) groups is 2. The van der Waals surface area contributed by atoms with Crippen molar-refractivity contribution in [1.82, 2.24) is 9.78 Å². The van der Waals surface area contributed by atoms with Crippen molar-refractivity contribution in [3.05, 3.63) is 80.7 Å². The van der Waals surface area contributed by atoms with E-state index < -0.39 is 34.2 Å². The van der Waals surface area contributed by atoms with Crippen molar-refractivity contribution in [2.75, 3.05) is 10.6 Å². The number of nitrogens with zero attached hydrogens (tertiary/aromatic N) is 3. The summed E-state index contributed by atoms with van der Waals surface area (Å²) in [6.45, 7) is 4.50. The Balaban J connectivity index is 1.79. The summed E-state index contributed by atoms with van der Waals surface area (Å²) in [5, 5.41) is 19.8. The molecule has 3 aromatic rings. The minimum Gasteiger partial charge on any atom is -0.326 e. The summed E-state index contributed by atoms with van der Waals surface area (Å²) >= 11 is 0. The molecule has 0 fully saturated rings. The van der Waals surface area contributed by atoms with Gasteiger partial charge in [0.05, 0.1) is 22.7 Å². The first-order valence-electron chi connectivity index (χ1n) is 9.94. The van der Waals surface area contributed by atoms with Gasteiger partial charge in [-0.3, -0.25) is 24.4 Å². The van der Waals surface area contributed by atoms with Crippen LogP contribution in [0, 0.1) is 24.0 Å². The fourth-order valence-electron chi connectivity index (χ4n) is 3.40. The Kier molecular flexibility index (Phi) is 6.70. The number of aromatic nitrogens is 2. The average Bonchev–Trinajstić information content (AvgIpc) is 3.01. The molecule has 0 aliphatic heterocycles. The number of rotatable bonds is 6. The average molecular weight is 475 g/mol. The molecule has 34 heavy (non-hydrogen) atoms. The molecule has 1 aromatic heterocycles. The molecule has 2 amide bonds. The second-order valence-corrected chi connectivity index (χ2v) is 7.52. The van der Waals surface area contributed by atoms with Crippen LogP contribution in [0.3, 0.4) is 0 Å². The van der Waals surface area contributed by atoms with Gasteiger partial charge in [0.25, 0.3) is 5.91 Å². The molecule has 0 radical (unpaired) electrons. The quantitative estimate of drug-likeness (QED) is 0.396. The molecule has 1 heterocycles. The molecule has 0 unspecified atom stereocenters. The number of amides is 2. The van der Waals surface area contributed by atoms with E-state index in [4.69, 9.17) is 0 Å². The van der Waals surface area contributed by atoms with E-state index in [0.29, 0.717) is 11.3 Å². The third kappa shape index (κ3) is 5.39. The van der Waals surface area contributed by atoms with Gasteiger partial charge in [0.1, 0.15) is 11.4 Å². The van der Waals surface area contributed by atoms with Gasteiger partial charge in [-0.2, -0.15) is 18.3 Å². The van der Waals surface area contributed by atoms with Gasteiger partial charge in [0, 0.05) is 18.2 Å². The highest BCUT2D eigenvalue weighted by Crippen LogP contribution is 2.37. The van der Waals surface area contributed by atoms with Crippen LogP contribution in [0.5, 0.6) is 0 Å². The highest BCUT2D eigenvalue weighted by molar-refractivity contribution is 6.05. The van der Waals surface area contributed by atoms with Crippen LogP contribution >= 0.6 is 0 Å². The van der Waals surface area contributed by atoms with E-state index in [2.05, 4.69) is 15.7 Å². The summed E-state index contributed by atoms with van der Waals surface area (Å²) < 4.78 is 41.9. The molecule has 0 spiro atoms. The number of anilines is 2. The van der Waals surface area contributed by atoms with Gasteiger partial charge in [-0.25, -0.2) is 0 Å². The molecule has 2 N–H and O–H groups in total.